The Labute approximate surface area is 190 Å². The van der Waals surface area contributed by atoms with E-state index in [4.69, 9.17) is 9.84 Å². The number of benzene rings is 1. The highest BCUT2D eigenvalue weighted by Gasteiger charge is 2.24. The van der Waals surface area contributed by atoms with Gasteiger partial charge in [-0.25, -0.2) is 0 Å². The summed E-state index contributed by atoms with van der Waals surface area (Å²) in [5, 5.41) is 14.4. The number of esters is 1. The molecule has 0 fully saturated rings. The lowest BCUT2D eigenvalue weighted by Gasteiger charge is -2.21. The van der Waals surface area contributed by atoms with Crippen LogP contribution in [-0.2, 0) is 25.5 Å². The van der Waals surface area contributed by atoms with E-state index in [2.05, 4.69) is 23.8 Å². The topological polar surface area (TPSA) is 105 Å². The summed E-state index contributed by atoms with van der Waals surface area (Å²) in [5.41, 5.74) is 1.04. The smallest absolute Gasteiger partial charge is 0.309 e. The number of aliphatic hydroxyl groups excluding tert-OH is 1. The minimum absolute atomic E-state index is 0.0190. The average molecular weight is 445 g/mol. The molecule has 2 amide bonds. The van der Waals surface area contributed by atoms with E-state index < -0.39 is 12.0 Å². The van der Waals surface area contributed by atoms with Crippen molar-refractivity contribution in [3.63, 3.8) is 0 Å². The predicted molar refractivity (Wildman–Crippen MR) is 125 cm³/mol. The SMILES string of the molecule is C=CCC(CC(=O)NC(C)CO)C(=O)NCC(C)OC(=O)C(CC=C)Cc1ccccc1. The Kier molecular flexibility index (Phi) is 12.7. The first-order valence-electron chi connectivity index (χ1n) is 10.9. The first-order chi connectivity index (χ1) is 15.3. The molecule has 0 radical (unpaired) electrons. The van der Waals surface area contributed by atoms with E-state index in [-0.39, 0.29) is 49.3 Å². The third-order valence-electron chi connectivity index (χ3n) is 4.93. The van der Waals surface area contributed by atoms with Gasteiger partial charge in [0.15, 0.2) is 0 Å². The van der Waals surface area contributed by atoms with Gasteiger partial charge in [0.05, 0.1) is 25.0 Å². The number of ether oxygens (including phenoxy) is 1. The standard InChI is InChI=1S/C25H36N2O5/c1-5-10-21(15-23(29)27-18(3)17-28)24(30)26-16-19(4)32-25(31)22(11-6-2)14-20-12-8-7-9-13-20/h5-9,12-13,18-19,21-22,28H,1-2,10-11,14-17H2,3-4H3,(H,26,30)(H,27,29). The molecule has 7 nitrogen and oxygen atoms in total. The van der Waals surface area contributed by atoms with Crippen LogP contribution < -0.4 is 10.6 Å². The summed E-state index contributed by atoms with van der Waals surface area (Å²) in [6.07, 6.45) is 4.11. The second-order valence-corrected chi connectivity index (χ2v) is 7.98. The first-order valence-corrected chi connectivity index (χ1v) is 10.9. The van der Waals surface area contributed by atoms with Gasteiger partial charge < -0.3 is 20.5 Å². The number of carbonyl (C=O) groups is 3. The summed E-state index contributed by atoms with van der Waals surface area (Å²) < 4.78 is 5.55. The molecule has 0 saturated heterocycles. The van der Waals surface area contributed by atoms with Crippen LogP contribution in [0.4, 0.5) is 0 Å². The second kappa shape index (κ2) is 15.0. The van der Waals surface area contributed by atoms with Gasteiger partial charge in [-0.2, -0.15) is 0 Å². The maximum atomic E-state index is 12.6. The van der Waals surface area contributed by atoms with Crippen molar-refractivity contribution in [1.29, 1.82) is 0 Å². The number of allylic oxidation sites excluding steroid dienone is 2. The zero-order chi connectivity index (χ0) is 23.9. The normalized spacial score (nSPS) is 14.3. The highest BCUT2D eigenvalue weighted by molar-refractivity contribution is 5.86. The van der Waals surface area contributed by atoms with Crippen LogP contribution >= 0.6 is 0 Å². The molecule has 176 valence electrons. The van der Waals surface area contributed by atoms with Crippen molar-refractivity contribution in [2.75, 3.05) is 13.2 Å². The van der Waals surface area contributed by atoms with E-state index in [9.17, 15) is 14.4 Å². The molecule has 0 heterocycles. The molecule has 1 aromatic rings. The fourth-order valence-corrected chi connectivity index (χ4v) is 3.17. The molecule has 0 bridgehead atoms. The van der Waals surface area contributed by atoms with E-state index in [1.807, 2.05) is 30.3 Å². The van der Waals surface area contributed by atoms with Crippen LogP contribution in [0.3, 0.4) is 0 Å². The zero-order valence-corrected chi connectivity index (χ0v) is 19.1. The van der Waals surface area contributed by atoms with Crippen molar-refractivity contribution >= 4 is 17.8 Å². The number of carbonyl (C=O) groups excluding carboxylic acids is 3. The molecule has 0 aliphatic carbocycles. The van der Waals surface area contributed by atoms with Gasteiger partial charge in [-0.05, 0) is 38.7 Å². The summed E-state index contributed by atoms with van der Waals surface area (Å²) >= 11 is 0. The number of hydrogen-bond acceptors (Lipinski definition) is 5. The number of nitrogens with one attached hydrogen (secondary N) is 2. The number of rotatable bonds is 15. The van der Waals surface area contributed by atoms with Gasteiger partial charge >= 0.3 is 5.97 Å². The third kappa shape index (κ3) is 10.4. The molecule has 0 aliphatic rings. The molecule has 0 aliphatic heterocycles. The minimum atomic E-state index is -0.590. The third-order valence-corrected chi connectivity index (χ3v) is 4.93. The number of amides is 2. The average Bonchev–Trinajstić information content (AvgIpc) is 2.77. The van der Waals surface area contributed by atoms with Gasteiger partial charge in [0.1, 0.15) is 6.10 Å². The summed E-state index contributed by atoms with van der Waals surface area (Å²) in [7, 11) is 0. The molecular weight excluding hydrogens is 408 g/mol. The molecule has 7 heteroatoms. The van der Waals surface area contributed by atoms with Crippen molar-refractivity contribution < 1.29 is 24.2 Å². The maximum absolute atomic E-state index is 12.6. The summed E-state index contributed by atoms with van der Waals surface area (Å²) in [4.78, 5) is 37.2. The van der Waals surface area contributed by atoms with Crippen LogP contribution in [-0.4, -0.2) is 48.2 Å². The van der Waals surface area contributed by atoms with Crippen molar-refractivity contribution in [1.82, 2.24) is 10.6 Å². The molecule has 0 aromatic heterocycles. The number of hydrogen-bond donors (Lipinski definition) is 3. The van der Waals surface area contributed by atoms with Gasteiger partial charge in [0.2, 0.25) is 11.8 Å². The quantitative estimate of drug-likeness (QED) is 0.285. The van der Waals surface area contributed by atoms with Crippen LogP contribution in [0.25, 0.3) is 0 Å². The fourth-order valence-electron chi connectivity index (χ4n) is 3.17. The Bertz CT molecular complexity index is 750. The molecule has 4 unspecified atom stereocenters. The minimum Gasteiger partial charge on any atom is -0.461 e. The highest BCUT2D eigenvalue weighted by Crippen LogP contribution is 2.16. The molecule has 3 N–H and O–H groups in total. The summed E-state index contributed by atoms with van der Waals surface area (Å²) in [5.74, 6) is -1.91. The van der Waals surface area contributed by atoms with Crippen molar-refractivity contribution in [2.24, 2.45) is 11.8 Å². The van der Waals surface area contributed by atoms with Crippen molar-refractivity contribution in [3.8, 4) is 0 Å². The van der Waals surface area contributed by atoms with Crippen molar-refractivity contribution in [2.45, 2.75) is 51.7 Å². The van der Waals surface area contributed by atoms with E-state index in [1.165, 1.54) is 0 Å². The Morgan fingerprint density at radius 2 is 1.69 bits per heavy atom. The van der Waals surface area contributed by atoms with Gasteiger partial charge in [-0.15, -0.1) is 13.2 Å². The Balaban J connectivity index is 2.57. The maximum Gasteiger partial charge on any atom is 0.309 e. The fraction of sp³-hybridized carbons (Fsp3) is 0.480. The summed E-state index contributed by atoms with van der Waals surface area (Å²) in [6, 6.07) is 9.32. The Morgan fingerprint density at radius 1 is 1.06 bits per heavy atom. The molecule has 4 atom stereocenters. The second-order valence-electron chi connectivity index (χ2n) is 7.98. The molecule has 1 aromatic carbocycles. The lowest BCUT2D eigenvalue weighted by atomic mass is 9.96. The molecular formula is C25H36N2O5. The van der Waals surface area contributed by atoms with Gasteiger partial charge in [-0.1, -0.05) is 42.5 Å². The molecule has 32 heavy (non-hydrogen) atoms. The first kappa shape index (κ1) is 27.1. The highest BCUT2D eigenvalue weighted by atomic mass is 16.5. The van der Waals surface area contributed by atoms with Crippen LogP contribution in [0.15, 0.2) is 55.6 Å². The van der Waals surface area contributed by atoms with E-state index in [0.717, 1.165) is 5.56 Å². The summed E-state index contributed by atoms with van der Waals surface area (Å²) in [6.45, 7) is 10.7. The van der Waals surface area contributed by atoms with Gasteiger partial charge in [0.25, 0.3) is 0 Å². The zero-order valence-electron chi connectivity index (χ0n) is 19.1. The van der Waals surface area contributed by atoms with E-state index in [1.54, 1.807) is 26.0 Å². The van der Waals surface area contributed by atoms with Crippen LogP contribution in [0.1, 0.15) is 38.7 Å². The lowest BCUT2D eigenvalue weighted by Crippen LogP contribution is -2.41. The Hall–Kier alpha value is -2.93. The predicted octanol–water partition coefficient (Wildman–Crippen LogP) is 2.55. The van der Waals surface area contributed by atoms with Crippen molar-refractivity contribution in [3.05, 3.63) is 61.2 Å². The van der Waals surface area contributed by atoms with Crippen LogP contribution in [0.5, 0.6) is 0 Å². The molecule has 0 spiro atoms. The molecule has 0 saturated carbocycles. The van der Waals surface area contributed by atoms with Gasteiger partial charge in [-0.3, -0.25) is 14.4 Å². The lowest BCUT2D eigenvalue weighted by molar-refractivity contribution is -0.153. The largest absolute Gasteiger partial charge is 0.461 e. The van der Waals surface area contributed by atoms with Crippen LogP contribution in [0.2, 0.25) is 0 Å². The monoisotopic (exact) mass is 444 g/mol. The van der Waals surface area contributed by atoms with E-state index in [0.29, 0.717) is 19.3 Å². The van der Waals surface area contributed by atoms with E-state index >= 15 is 0 Å². The van der Waals surface area contributed by atoms with Crippen LogP contribution in [0, 0.1) is 11.8 Å². The van der Waals surface area contributed by atoms with Gasteiger partial charge in [0, 0.05) is 12.5 Å². The molecule has 1 rings (SSSR count). The Morgan fingerprint density at radius 3 is 2.28 bits per heavy atom. The number of aliphatic hydroxyl groups is 1.